The number of methoxy groups -OCH3 is 1. The smallest absolute Gasteiger partial charge is 0.258 e. The second-order valence-corrected chi connectivity index (χ2v) is 7.09. The lowest BCUT2D eigenvalue weighted by molar-refractivity contribution is 0.0827. The molecule has 0 aliphatic heterocycles. The van der Waals surface area contributed by atoms with E-state index in [1.165, 1.54) is 18.1 Å². The predicted molar refractivity (Wildman–Crippen MR) is 93.3 cm³/mol. The predicted octanol–water partition coefficient (Wildman–Crippen LogP) is 4.02. The first kappa shape index (κ1) is 17.6. The minimum absolute atomic E-state index is 0.181. The van der Waals surface area contributed by atoms with Crippen molar-refractivity contribution in [3.63, 3.8) is 0 Å². The van der Waals surface area contributed by atoms with Crippen molar-refractivity contribution in [1.29, 1.82) is 0 Å². The number of nitrogens with zero attached hydrogens (tertiary/aromatic N) is 1. The number of carbonyl (C=O) groups is 2. The summed E-state index contributed by atoms with van der Waals surface area (Å²) in [6.45, 7) is 0. The maximum absolute atomic E-state index is 12.3. The molecular weight excluding hydrogens is 359 g/mol. The van der Waals surface area contributed by atoms with Crippen molar-refractivity contribution in [3.8, 4) is 5.75 Å². The van der Waals surface area contributed by atoms with Gasteiger partial charge in [0.15, 0.2) is 0 Å². The first-order valence-electron chi connectivity index (χ1n) is 6.49. The van der Waals surface area contributed by atoms with E-state index in [0.717, 1.165) is 11.3 Å². The molecule has 1 aromatic carbocycles. The molecule has 0 radical (unpaired) electrons. The third-order valence-corrected chi connectivity index (χ3v) is 4.49. The second kappa shape index (κ2) is 7.21. The zero-order valence-corrected chi connectivity index (χ0v) is 15.0. The largest absolute Gasteiger partial charge is 0.495 e. The van der Waals surface area contributed by atoms with Crippen molar-refractivity contribution in [3.05, 3.63) is 44.1 Å². The molecule has 1 N–H and O–H groups in total. The van der Waals surface area contributed by atoms with E-state index < -0.39 is 5.91 Å². The van der Waals surface area contributed by atoms with Gasteiger partial charge in [0.05, 0.1) is 22.7 Å². The zero-order chi connectivity index (χ0) is 17.1. The van der Waals surface area contributed by atoms with E-state index in [-0.39, 0.29) is 11.5 Å². The maximum Gasteiger partial charge on any atom is 0.258 e. The van der Waals surface area contributed by atoms with E-state index in [1.807, 2.05) is 0 Å². The number of anilines is 1. The van der Waals surface area contributed by atoms with Crippen LogP contribution in [0.3, 0.4) is 0 Å². The Morgan fingerprint density at radius 1 is 1.22 bits per heavy atom. The van der Waals surface area contributed by atoms with Gasteiger partial charge in [-0.1, -0.05) is 23.2 Å². The standard InChI is InChI=1S/C15H14Cl2N2O3S/c1-19(2)15(21)8-4-5-11(22-3)10(6-8)18-14(20)9-7-12(16)23-13(9)17/h4-7H,1-3H3,(H,18,20). The van der Waals surface area contributed by atoms with Gasteiger partial charge in [0, 0.05) is 19.7 Å². The van der Waals surface area contributed by atoms with Crippen LogP contribution in [0.15, 0.2) is 24.3 Å². The number of amides is 2. The minimum atomic E-state index is -0.425. The van der Waals surface area contributed by atoms with E-state index in [1.54, 1.807) is 32.3 Å². The first-order chi connectivity index (χ1) is 10.8. The molecule has 0 spiro atoms. The summed E-state index contributed by atoms with van der Waals surface area (Å²) in [7, 11) is 4.78. The summed E-state index contributed by atoms with van der Waals surface area (Å²) in [5, 5.41) is 2.70. The number of rotatable bonds is 4. The quantitative estimate of drug-likeness (QED) is 0.881. The van der Waals surface area contributed by atoms with Gasteiger partial charge in [0.25, 0.3) is 11.8 Å². The Bertz CT molecular complexity index is 759. The van der Waals surface area contributed by atoms with Gasteiger partial charge >= 0.3 is 0 Å². The molecule has 5 nitrogen and oxygen atoms in total. The zero-order valence-electron chi connectivity index (χ0n) is 12.6. The summed E-state index contributed by atoms with van der Waals surface area (Å²) in [5.41, 5.74) is 1.08. The van der Waals surface area contributed by atoms with Crippen molar-refractivity contribution in [1.82, 2.24) is 4.90 Å². The van der Waals surface area contributed by atoms with Gasteiger partial charge in [-0.25, -0.2) is 0 Å². The number of nitrogens with one attached hydrogen (secondary N) is 1. The minimum Gasteiger partial charge on any atom is -0.495 e. The molecule has 0 aliphatic rings. The highest BCUT2D eigenvalue weighted by Gasteiger charge is 2.18. The Hall–Kier alpha value is -1.76. The van der Waals surface area contributed by atoms with Crippen molar-refractivity contribution < 1.29 is 14.3 Å². The molecule has 0 atom stereocenters. The fraction of sp³-hybridized carbons (Fsp3) is 0.200. The van der Waals surface area contributed by atoms with Gasteiger partial charge in [0.1, 0.15) is 10.1 Å². The Morgan fingerprint density at radius 3 is 2.43 bits per heavy atom. The lowest BCUT2D eigenvalue weighted by Gasteiger charge is -2.14. The molecule has 23 heavy (non-hydrogen) atoms. The van der Waals surface area contributed by atoms with Gasteiger partial charge in [-0.05, 0) is 24.3 Å². The van der Waals surface area contributed by atoms with Crippen molar-refractivity contribution in [2.24, 2.45) is 0 Å². The van der Waals surface area contributed by atoms with Crippen molar-refractivity contribution >= 4 is 52.0 Å². The average molecular weight is 373 g/mol. The van der Waals surface area contributed by atoms with Gasteiger partial charge in [-0.2, -0.15) is 0 Å². The molecule has 0 saturated heterocycles. The molecule has 122 valence electrons. The summed E-state index contributed by atoms with van der Waals surface area (Å²) < 4.78 is 5.93. The van der Waals surface area contributed by atoms with E-state index in [0.29, 0.717) is 25.7 Å². The fourth-order valence-corrected chi connectivity index (χ4v) is 3.34. The highest BCUT2D eigenvalue weighted by Crippen LogP contribution is 2.33. The average Bonchev–Trinajstić information content (AvgIpc) is 2.85. The van der Waals surface area contributed by atoms with Crippen LogP contribution in [0, 0.1) is 0 Å². The molecule has 0 saturated carbocycles. The number of ether oxygens (including phenoxy) is 1. The van der Waals surface area contributed by atoms with Crippen LogP contribution in [0.5, 0.6) is 5.75 Å². The van der Waals surface area contributed by atoms with E-state index >= 15 is 0 Å². The number of hydrogen-bond acceptors (Lipinski definition) is 4. The molecule has 0 unspecified atom stereocenters. The third-order valence-electron chi connectivity index (χ3n) is 3.00. The topological polar surface area (TPSA) is 58.6 Å². The fourth-order valence-electron chi connectivity index (χ4n) is 1.88. The van der Waals surface area contributed by atoms with Crippen LogP contribution in [0.1, 0.15) is 20.7 Å². The molecule has 2 amide bonds. The second-order valence-electron chi connectivity index (χ2n) is 4.81. The highest BCUT2D eigenvalue weighted by molar-refractivity contribution is 7.20. The van der Waals surface area contributed by atoms with E-state index in [9.17, 15) is 9.59 Å². The number of thiophene rings is 1. The summed E-state index contributed by atoms with van der Waals surface area (Å²) in [6, 6.07) is 6.30. The van der Waals surface area contributed by atoms with Crippen LogP contribution in [-0.2, 0) is 0 Å². The Labute approximate surface area is 147 Å². The summed E-state index contributed by atoms with van der Waals surface area (Å²) in [6.07, 6.45) is 0. The van der Waals surface area contributed by atoms with Gasteiger partial charge < -0.3 is 15.0 Å². The van der Waals surface area contributed by atoms with Crippen LogP contribution >= 0.6 is 34.5 Å². The molecule has 0 fully saturated rings. The van der Waals surface area contributed by atoms with Crippen LogP contribution in [-0.4, -0.2) is 37.9 Å². The van der Waals surface area contributed by atoms with E-state index in [4.69, 9.17) is 27.9 Å². The lowest BCUT2D eigenvalue weighted by atomic mass is 10.1. The van der Waals surface area contributed by atoms with E-state index in [2.05, 4.69) is 5.32 Å². The Balaban J connectivity index is 2.34. The van der Waals surface area contributed by atoms with Crippen molar-refractivity contribution in [2.45, 2.75) is 0 Å². The number of benzene rings is 1. The summed E-state index contributed by atoms with van der Waals surface area (Å²) in [5.74, 6) is -0.170. The third kappa shape index (κ3) is 3.96. The van der Waals surface area contributed by atoms with Crippen LogP contribution in [0.25, 0.3) is 0 Å². The molecule has 0 aliphatic carbocycles. The lowest BCUT2D eigenvalue weighted by Crippen LogP contribution is -2.22. The molecule has 8 heteroatoms. The van der Waals surface area contributed by atoms with Crippen LogP contribution in [0.2, 0.25) is 8.67 Å². The maximum atomic E-state index is 12.3. The molecule has 0 bridgehead atoms. The first-order valence-corrected chi connectivity index (χ1v) is 8.06. The van der Waals surface area contributed by atoms with Gasteiger partial charge in [-0.15, -0.1) is 11.3 Å². The molecule has 1 aromatic heterocycles. The normalized spacial score (nSPS) is 10.3. The highest BCUT2D eigenvalue weighted by atomic mass is 35.5. The van der Waals surface area contributed by atoms with Gasteiger partial charge in [0.2, 0.25) is 0 Å². The molecule has 2 rings (SSSR count). The summed E-state index contributed by atoms with van der Waals surface area (Å²) in [4.78, 5) is 25.8. The van der Waals surface area contributed by atoms with Crippen LogP contribution in [0.4, 0.5) is 5.69 Å². The van der Waals surface area contributed by atoms with Crippen molar-refractivity contribution in [2.75, 3.05) is 26.5 Å². The number of carbonyl (C=O) groups excluding carboxylic acids is 2. The number of hydrogen-bond donors (Lipinski definition) is 1. The molecular formula is C15H14Cl2N2O3S. The van der Waals surface area contributed by atoms with Gasteiger partial charge in [-0.3, -0.25) is 9.59 Å². The Kier molecular flexibility index (Phi) is 5.51. The van der Waals surface area contributed by atoms with Crippen LogP contribution < -0.4 is 10.1 Å². The molecule has 2 aromatic rings. The summed E-state index contributed by atoms with van der Waals surface area (Å²) >= 11 is 12.9. The number of halogens is 2. The molecule has 1 heterocycles. The monoisotopic (exact) mass is 372 g/mol. The Morgan fingerprint density at radius 2 is 1.91 bits per heavy atom. The SMILES string of the molecule is COc1ccc(C(=O)N(C)C)cc1NC(=O)c1cc(Cl)sc1Cl.